The zero-order valence-electron chi connectivity index (χ0n) is 13.1. The van der Waals surface area contributed by atoms with E-state index in [0.29, 0.717) is 0 Å². The second-order valence-electron chi connectivity index (χ2n) is 6.19. The van der Waals surface area contributed by atoms with E-state index >= 15 is 0 Å². The van der Waals surface area contributed by atoms with E-state index < -0.39 is 0 Å². The van der Waals surface area contributed by atoms with Crippen LogP contribution in [0.15, 0.2) is 11.4 Å². The molecule has 0 aliphatic carbocycles. The van der Waals surface area contributed by atoms with Crippen LogP contribution < -0.4 is 5.32 Å². The minimum atomic E-state index is 0.771. The van der Waals surface area contributed by atoms with Crippen molar-refractivity contribution in [2.45, 2.75) is 33.7 Å². The summed E-state index contributed by atoms with van der Waals surface area (Å²) in [6, 6.07) is 2.10. The Morgan fingerprint density at radius 2 is 2.29 bits per heavy atom. The molecule has 1 aliphatic heterocycles. The molecule has 0 bridgehead atoms. The summed E-state index contributed by atoms with van der Waals surface area (Å²) in [6.45, 7) is 10.9. The van der Waals surface area contributed by atoms with Crippen LogP contribution >= 0.6 is 11.3 Å². The van der Waals surface area contributed by atoms with Crippen LogP contribution in [-0.4, -0.2) is 34.5 Å². The summed E-state index contributed by atoms with van der Waals surface area (Å²) in [7, 11) is 0. The van der Waals surface area contributed by atoms with Crippen molar-refractivity contribution >= 4 is 27.4 Å². The maximum absolute atomic E-state index is 4.74. The van der Waals surface area contributed by atoms with Crippen molar-refractivity contribution in [1.82, 2.24) is 14.9 Å². The lowest BCUT2D eigenvalue weighted by molar-refractivity contribution is 0.291. The van der Waals surface area contributed by atoms with E-state index in [0.717, 1.165) is 46.8 Å². The van der Waals surface area contributed by atoms with E-state index in [1.54, 1.807) is 11.3 Å². The molecule has 2 aromatic rings. The third-order valence-corrected chi connectivity index (χ3v) is 5.14. The number of rotatable bonds is 5. The minimum Gasteiger partial charge on any atom is -0.370 e. The average Bonchev–Trinajstić information content (AvgIpc) is 3.08. The van der Waals surface area contributed by atoms with Crippen LogP contribution in [0.1, 0.15) is 33.0 Å². The molecule has 1 N–H and O–H groups in total. The molecule has 0 radical (unpaired) electrons. The zero-order valence-corrected chi connectivity index (χ0v) is 13.9. The Morgan fingerprint density at radius 1 is 1.43 bits per heavy atom. The summed E-state index contributed by atoms with van der Waals surface area (Å²) in [4.78, 5) is 13.1. The predicted octanol–water partition coefficient (Wildman–Crippen LogP) is 3.60. The molecule has 0 saturated carbocycles. The molecule has 0 aromatic carbocycles. The number of nitrogens with zero attached hydrogens (tertiary/aromatic N) is 3. The van der Waals surface area contributed by atoms with Gasteiger partial charge < -0.3 is 5.32 Å². The number of hydrogen-bond acceptors (Lipinski definition) is 5. The molecule has 114 valence electrons. The normalized spacial score (nSPS) is 19.7. The van der Waals surface area contributed by atoms with Crippen LogP contribution in [-0.2, 0) is 6.54 Å². The van der Waals surface area contributed by atoms with Crippen molar-refractivity contribution < 1.29 is 0 Å². The number of fused-ring (bicyclic) bond motifs is 1. The lowest BCUT2D eigenvalue weighted by atomic mass is 9.95. The fourth-order valence-electron chi connectivity index (χ4n) is 3.02. The van der Waals surface area contributed by atoms with Crippen LogP contribution in [0.25, 0.3) is 10.2 Å². The van der Waals surface area contributed by atoms with Crippen LogP contribution in [0.4, 0.5) is 5.82 Å². The first-order chi connectivity index (χ1) is 10.2. The van der Waals surface area contributed by atoms with Crippen LogP contribution in [0.3, 0.4) is 0 Å². The number of likely N-dealkylation sites (tertiary alicyclic amines) is 1. The fraction of sp³-hybridized carbons (Fsp3) is 0.625. The molecule has 5 heteroatoms. The smallest absolute Gasteiger partial charge is 0.146 e. The van der Waals surface area contributed by atoms with Gasteiger partial charge in [-0.1, -0.05) is 13.8 Å². The van der Waals surface area contributed by atoms with Gasteiger partial charge in [-0.05, 0) is 43.2 Å². The molecule has 1 aliphatic rings. The van der Waals surface area contributed by atoms with Gasteiger partial charge in [0, 0.05) is 13.1 Å². The summed E-state index contributed by atoms with van der Waals surface area (Å²) in [6.07, 6.45) is 1.30. The van der Waals surface area contributed by atoms with Crippen molar-refractivity contribution in [1.29, 1.82) is 0 Å². The topological polar surface area (TPSA) is 41.1 Å². The first-order valence-corrected chi connectivity index (χ1v) is 8.75. The van der Waals surface area contributed by atoms with E-state index in [9.17, 15) is 0 Å². The highest BCUT2D eigenvalue weighted by Gasteiger charge is 2.25. The standard InChI is InChI=1S/C16H24N4S/c1-4-17-15-13-6-8-21-16(13)19-14(18-15)10-20-7-5-12(9-20)11(2)3/h6,8,11-12H,4-5,7,9-10H2,1-3H3,(H,17,18,19). The molecule has 2 aromatic heterocycles. The Bertz CT molecular complexity index is 607. The molecule has 1 atom stereocenters. The van der Waals surface area contributed by atoms with Crippen molar-refractivity contribution in [2.24, 2.45) is 11.8 Å². The maximum Gasteiger partial charge on any atom is 0.146 e. The highest BCUT2D eigenvalue weighted by Crippen LogP contribution is 2.27. The van der Waals surface area contributed by atoms with Gasteiger partial charge in [0.2, 0.25) is 0 Å². The predicted molar refractivity (Wildman–Crippen MR) is 89.8 cm³/mol. The van der Waals surface area contributed by atoms with E-state index in [2.05, 4.69) is 42.4 Å². The molecule has 1 fully saturated rings. The SMILES string of the molecule is CCNc1nc(CN2CCC(C(C)C)C2)nc2sccc12. The van der Waals surface area contributed by atoms with Crippen molar-refractivity contribution in [3.63, 3.8) is 0 Å². The highest BCUT2D eigenvalue weighted by atomic mass is 32.1. The second kappa shape index (κ2) is 6.28. The van der Waals surface area contributed by atoms with Crippen LogP contribution in [0.2, 0.25) is 0 Å². The largest absolute Gasteiger partial charge is 0.370 e. The number of anilines is 1. The first kappa shape index (κ1) is 14.7. The van der Waals surface area contributed by atoms with Crippen molar-refractivity contribution in [3.8, 4) is 0 Å². The summed E-state index contributed by atoms with van der Waals surface area (Å²) in [5.41, 5.74) is 0. The number of thiophene rings is 1. The lowest BCUT2D eigenvalue weighted by Crippen LogP contribution is -2.23. The zero-order chi connectivity index (χ0) is 14.8. The van der Waals surface area contributed by atoms with Gasteiger partial charge in [-0.3, -0.25) is 4.90 Å². The van der Waals surface area contributed by atoms with Gasteiger partial charge >= 0.3 is 0 Å². The van der Waals surface area contributed by atoms with Gasteiger partial charge in [-0.25, -0.2) is 9.97 Å². The van der Waals surface area contributed by atoms with Gasteiger partial charge in [0.05, 0.1) is 11.9 Å². The number of aromatic nitrogens is 2. The van der Waals surface area contributed by atoms with Gasteiger partial charge in [-0.2, -0.15) is 0 Å². The number of hydrogen-bond donors (Lipinski definition) is 1. The monoisotopic (exact) mass is 304 g/mol. The summed E-state index contributed by atoms with van der Waals surface area (Å²) >= 11 is 1.70. The van der Waals surface area contributed by atoms with E-state index in [1.165, 1.54) is 19.5 Å². The number of nitrogens with one attached hydrogen (secondary N) is 1. The molecule has 3 rings (SSSR count). The quantitative estimate of drug-likeness (QED) is 0.916. The Balaban J connectivity index is 1.78. The Morgan fingerprint density at radius 3 is 3.00 bits per heavy atom. The molecule has 0 amide bonds. The Kier molecular flexibility index (Phi) is 4.40. The van der Waals surface area contributed by atoms with E-state index in [-0.39, 0.29) is 0 Å². The van der Waals surface area contributed by atoms with Gasteiger partial charge in [-0.15, -0.1) is 11.3 Å². The van der Waals surface area contributed by atoms with Gasteiger partial charge in [0.1, 0.15) is 16.5 Å². The highest BCUT2D eigenvalue weighted by molar-refractivity contribution is 7.16. The Hall–Kier alpha value is -1.20. The average molecular weight is 304 g/mol. The van der Waals surface area contributed by atoms with E-state index in [4.69, 9.17) is 9.97 Å². The molecule has 4 nitrogen and oxygen atoms in total. The summed E-state index contributed by atoms with van der Waals surface area (Å²) in [5.74, 6) is 3.53. The fourth-order valence-corrected chi connectivity index (χ4v) is 3.81. The second-order valence-corrected chi connectivity index (χ2v) is 7.08. The summed E-state index contributed by atoms with van der Waals surface area (Å²) < 4.78 is 0. The van der Waals surface area contributed by atoms with Crippen molar-refractivity contribution in [2.75, 3.05) is 25.0 Å². The lowest BCUT2D eigenvalue weighted by Gasteiger charge is -2.17. The van der Waals surface area contributed by atoms with Gasteiger partial charge in [0.25, 0.3) is 0 Å². The van der Waals surface area contributed by atoms with Gasteiger partial charge in [0.15, 0.2) is 0 Å². The van der Waals surface area contributed by atoms with Crippen LogP contribution in [0.5, 0.6) is 0 Å². The molecular weight excluding hydrogens is 280 g/mol. The molecule has 1 saturated heterocycles. The third kappa shape index (κ3) is 3.19. The minimum absolute atomic E-state index is 0.771. The maximum atomic E-state index is 4.74. The first-order valence-electron chi connectivity index (χ1n) is 7.87. The molecular formula is C16H24N4S. The molecule has 1 unspecified atom stereocenters. The molecule has 21 heavy (non-hydrogen) atoms. The summed E-state index contributed by atoms with van der Waals surface area (Å²) in [5, 5.41) is 6.60. The van der Waals surface area contributed by atoms with Crippen LogP contribution in [0, 0.1) is 11.8 Å². The third-order valence-electron chi connectivity index (χ3n) is 4.33. The molecule has 0 spiro atoms. The van der Waals surface area contributed by atoms with Crippen molar-refractivity contribution in [3.05, 3.63) is 17.3 Å². The Labute approximate surface area is 130 Å². The van der Waals surface area contributed by atoms with E-state index in [1.807, 2.05) is 0 Å². The molecule has 3 heterocycles.